The summed E-state index contributed by atoms with van der Waals surface area (Å²) in [6.45, 7) is 5.47. The Morgan fingerprint density at radius 1 is 1.12 bits per heavy atom. The molecule has 0 saturated carbocycles. The first-order chi connectivity index (χ1) is 12.6. The van der Waals surface area contributed by atoms with Gasteiger partial charge < -0.3 is 10.0 Å². The molecule has 0 spiro atoms. The van der Waals surface area contributed by atoms with Gasteiger partial charge in [-0.3, -0.25) is 4.90 Å². The second kappa shape index (κ2) is 7.47. The summed E-state index contributed by atoms with van der Waals surface area (Å²) in [4.78, 5) is 4.71. The van der Waals surface area contributed by atoms with Gasteiger partial charge >= 0.3 is 0 Å². The van der Waals surface area contributed by atoms with Crippen LogP contribution in [0.5, 0.6) is 0 Å². The van der Waals surface area contributed by atoms with E-state index in [2.05, 4.69) is 14.9 Å². The first kappa shape index (κ1) is 17.6. The summed E-state index contributed by atoms with van der Waals surface area (Å²) in [5, 5.41) is 15.4. The Hall–Kier alpha value is -1.76. The third kappa shape index (κ3) is 4.14. The molecule has 0 aliphatic carbocycles. The molecule has 2 aromatic rings. The quantitative estimate of drug-likeness (QED) is 0.892. The van der Waals surface area contributed by atoms with Gasteiger partial charge in [-0.25, -0.2) is 9.07 Å². The maximum Gasteiger partial charge on any atom is 0.125 e. The highest BCUT2D eigenvalue weighted by Crippen LogP contribution is 2.25. The van der Waals surface area contributed by atoms with Gasteiger partial charge in [0.15, 0.2) is 0 Å². The Morgan fingerprint density at radius 2 is 1.92 bits per heavy atom. The molecule has 2 aliphatic rings. The summed E-state index contributed by atoms with van der Waals surface area (Å²) in [7, 11) is 0. The van der Waals surface area contributed by atoms with Crippen molar-refractivity contribution in [2.45, 2.75) is 37.8 Å². The number of benzene rings is 1. The van der Waals surface area contributed by atoms with E-state index in [-0.39, 0.29) is 5.82 Å². The van der Waals surface area contributed by atoms with Gasteiger partial charge in [-0.05, 0) is 63.5 Å². The van der Waals surface area contributed by atoms with Crippen molar-refractivity contribution >= 4 is 0 Å². The molecule has 3 heterocycles. The number of hydrogen-bond donors (Lipinski definition) is 1. The Balaban J connectivity index is 1.39. The molecule has 1 atom stereocenters. The molecule has 140 valence electrons. The molecule has 2 saturated heterocycles. The maximum absolute atomic E-state index is 13.4. The minimum Gasteiger partial charge on any atom is -0.387 e. The van der Waals surface area contributed by atoms with Crippen LogP contribution in [0.25, 0.3) is 5.69 Å². The number of aromatic nitrogens is 2. The molecule has 6 heteroatoms. The Labute approximate surface area is 154 Å². The molecule has 2 fully saturated rings. The molecule has 0 bridgehead atoms. The molecular formula is C20H27FN4O. The third-order valence-corrected chi connectivity index (χ3v) is 5.47. The molecule has 1 aromatic carbocycles. The molecule has 0 amide bonds. The second-order valence-electron chi connectivity index (χ2n) is 7.79. The van der Waals surface area contributed by atoms with E-state index in [0.29, 0.717) is 6.54 Å². The zero-order valence-corrected chi connectivity index (χ0v) is 15.1. The topological polar surface area (TPSA) is 44.5 Å². The van der Waals surface area contributed by atoms with Crippen molar-refractivity contribution in [3.05, 3.63) is 48.0 Å². The van der Waals surface area contributed by atoms with Crippen LogP contribution in [0.3, 0.4) is 0 Å². The number of piperidine rings is 1. The van der Waals surface area contributed by atoms with E-state index in [1.807, 2.05) is 18.5 Å². The first-order valence-electron chi connectivity index (χ1n) is 9.56. The highest BCUT2D eigenvalue weighted by molar-refractivity contribution is 5.31. The van der Waals surface area contributed by atoms with Crippen LogP contribution in [0, 0.1) is 5.82 Å². The van der Waals surface area contributed by atoms with Gasteiger partial charge in [0.1, 0.15) is 5.82 Å². The first-order valence-corrected chi connectivity index (χ1v) is 9.56. The lowest BCUT2D eigenvalue weighted by Gasteiger charge is -2.41. The van der Waals surface area contributed by atoms with Gasteiger partial charge in [0.2, 0.25) is 0 Å². The number of likely N-dealkylation sites (tertiary alicyclic amines) is 2. The van der Waals surface area contributed by atoms with Crippen molar-refractivity contribution in [2.75, 3.05) is 32.7 Å². The molecule has 5 nitrogen and oxygen atoms in total. The largest absolute Gasteiger partial charge is 0.387 e. The summed E-state index contributed by atoms with van der Waals surface area (Å²) in [6, 6.07) is 6.44. The zero-order chi connectivity index (χ0) is 18.0. The summed E-state index contributed by atoms with van der Waals surface area (Å²) in [5.74, 6) is -0.262. The predicted octanol–water partition coefficient (Wildman–Crippen LogP) is 2.43. The van der Waals surface area contributed by atoms with E-state index in [4.69, 9.17) is 0 Å². The van der Waals surface area contributed by atoms with E-state index < -0.39 is 5.60 Å². The van der Waals surface area contributed by atoms with Crippen molar-refractivity contribution in [1.29, 1.82) is 0 Å². The monoisotopic (exact) mass is 358 g/mol. The third-order valence-electron chi connectivity index (χ3n) is 5.47. The van der Waals surface area contributed by atoms with E-state index in [1.54, 1.807) is 10.7 Å². The molecule has 0 radical (unpaired) electrons. The predicted molar refractivity (Wildman–Crippen MR) is 98.7 cm³/mol. The summed E-state index contributed by atoms with van der Waals surface area (Å²) >= 11 is 0. The summed E-state index contributed by atoms with van der Waals surface area (Å²) < 4.78 is 15.1. The second-order valence-corrected chi connectivity index (χ2v) is 7.79. The van der Waals surface area contributed by atoms with Gasteiger partial charge in [-0.2, -0.15) is 5.10 Å². The Kier molecular flexibility index (Phi) is 5.07. The lowest BCUT2D eigenvalue weighted by Crippen LogP contribution is -2.53. The molecule has 0 unspecified atom stereocenters. The van der Waals surface area contributed by atoms with Crippen LogP contribution >= 0.6 is 0 Å². The van der Waals surface area contributed by atoms with Gasteiger partial charge in [-0.15, -0.1) is 0 Å². The van der Waals surface area contributed by atoms with Crippen LogP contribution < -0.4 is 0 Å². The summed E-state index contributed by atoms with van der Waals surface area (Å²) in [5.41, 5.74) is 1.20. The van der Waals surface area contributed by atoms with Crippen LogP contribution in [0.1, 0.15) is 31.2 Å². The summed E-state index contributed by atoms with van der Waals surface area (Å²) in [6.07, 6.45) is 8.17. The molecule has 26 heavy (non-hydrogen) atoms. The molecule has 1 aromatic heterocycles. The van der Waals surface area contributed by atoms with Crippen LogP contribution in [0.15, 0.2) is 36.7 Å². The van der Waals surface area contributed by atoms with E-state index in [9.17, 15) is 9.50 Å². The van der Waals surface area contributed by atoms with Gasteiger partial charge in [0, 0.05) is 31.4 Å². The number of rotatable bonds is 5. The smallest absolute Gasteiger partial charge is 0.125 e. The molecule has 1 N–H and O–H groups in total. The maximum atomic E-state index is 13.4. The fourth-order valence-corrected chi connectivity index (χ4v) is 4.29. The molecule has 2 aliphatic heterocycles. The Bertz CT molecular complexity index is 743. The fraction of sp³-hybridized carbons (Fsp3) is 0.550. The van der Waals surface area contributed by atoms with E-state index in [0.717, 1.165) is 56.8 Å². The van der Waals surface area contributed by atoms with Crippen LogP contribution in [0.2, 0.25) is 0 Å². The Morgan fingerprint density at radius 3 is 2.73 bits per heavy atom. The number of β-amino-alcohol motifs (C(OH)–C–C–N with tert-alkyl or cyclic N) is 1. The van der Waals surface area contributed by atoms with Gasteiger partial charge in [0.05, 0.1) is 17.5 Å². The van der Waals surface area contributed by atoms with E-state index in [1.165, 1.54) is 25.0 Å². The normalized spacial score (nSPS) is 25.0. The minimum absolute atomic E-state index is 0.262. The molecular weight excluding hydrogens is 331 g/mol. The van der Waals surface area contributed by atoms with Crippen LogP contribution in [0.4, 0.5) is 4.39 Å². The number of nitrogens with zero attached hydrogens (tertiary/aromatic N) is 4. The highest BCUT2D eigenvalue weighted by atomic mass is 19.1. The lowest BCUT2D eigenvalue weighted by molar-refractivity contribution is -0.0519. The van der Waals surface area contributed by atoms with E-state index >= 15 is 0 Å². The van der Waals surface area contributed by atoms with Crippen molar-refractivity contribution < 1.29 is 9.50 Å². The lowest BCUT2D eigenvalue weighted by atomic mass is 9.92. The van der Waals surface area contributed by atoms with Crippen molar-refractivity contribution in [3.8, 4) is 5.69 Å². The van der Waals surface area contributed by atoms with Crippen LogP contribution in [-0.4, -0.2) is 63.0 Å². The van der Waals surface area contributed by atoms with Crippen molar-refractivity contribution in [2.24, 2.45) is 0 Å². The molecule has 4 rings (SSSR count). The fourth-order valence-electron chi connectivity index (χ4n) is 4.29. The minimum atomic E-state index is -0.610. The van der Waals surface area contributed by atoms with Crippen molar-refractivity contribution in [3.63, 3.8) is 0 Å². The SMILES string of the molecule is O[C@@]1(CN2CCCC2)CCCN(Cc2cnn(-c3cccc(F)c3)c2)C1. The average molecular weight is 358 g/mol. The standard InChI is InChI=1S/C20H27FN4O/c21-18-5-3-6-19(11-18)25-14-17(12-22-25)13-24-10-4-7-20(26,16-24)15-23-8-1-2-9-23/h3,5-6,11-12,14,26H,1-2,4,7-10,13,15-16H2/t20-/m1/s1. The average Bonchev–Trinajstić information content (AvgIpc) is 3.26. The van der Waals surface area contributed by atoms with Crippen LogP contribution in [-0.2, 0) is 6.54 Å². The highest BCUT2D eigenvalue weighted by Gasteiger charge is 2.35. The number of halogens is 1. The number of aliphatic hydroxyl groups is 1. The number of hydrogen-bond acceptors (Lipinski definition) is 4. The van der Waals surface area contributed by atoms with Gasteiger partial charge in [0.25, 0.3) is 0 Å². The van der Waals surface area contributed by atoms with Gasteiger partial charge in [-0.1, -0.05) is 6.07 Å². The van der Waals surface area contributed by atoms with Crippen molar-refractivity contribution in [1.82, 2.24) is 19.6 Å². The zero-order valence-electron chi connectivity index (χ0n) is 15.1.